The molecule has 0 amide bonds. The van der Waals surface area contributed by atoms with Gasteiger partial charge in [-0.1, -0.05) is 83.3 Å². The van der Waals surface area contributed by atoms with E-state index in [-0.39, 0.29) is 12.1 Å². The summed E-state index contributed by atoms with van der Waals surface area (Å²) in [6, 6.07) is 19.7. The van der Waals surface area contributed by atoms with Crippen molar-refractivity contribution in [1.29, 1.82) is 0 Å². The predicted octanol–water partition coefficient (Wildman–Crippen LogP) is 3.92. The summed E-state index contributed by atoms with van der Waals surface area (Å²) in [5.74, 6) is -0.280. The Labute approximate surface area is 138 Å². The molecule has 0 spiro atoms. The van der Waals surface area contributed by atoms with Crippen LogP contribution >= 0.6 is 22.6 Å². The number of rotatable bonds is 6. The Morgan fingerprint density at radius 2 is 1.62 bits per heavy atom. The molecule has 21 heavy (non-hydrogen) atoms. The number of carbonyl (C=O) groups is 1. The highest BCUT2D eigenvalue weighted by molar-refractivity contribution is 14.1. The van der Waals surface area contributed by atoms with Gasteiger partial charge in [-0.3, -0.25) is 4.79 Å². The van der Waals surface area contributed by atoms with Crippen molar-refractivity contribution in [2.45, 2.75) is 16.6 Å². The predicted molar refractivity (Wildman–Crippen MR) is 90.2 cm³/mol. The smallest absolute Gasteiger partial charge is 0.321 e. The van der Waals surface area contributed by atoms with E-state index < -0.39 is 3.92 Å². The van der Waals surface area contributed by atoms with Gasteiger partial charge in [0, 0.05) is 0 Å². The van der Waals surface area contributed by atoms with Crippen molar-refractivity contribution >= 4 is 28.6 Å². The highest BCUT2D eigenvalue weighted by Crippen LogP contribution is 2.28. The van der Waals surface area contributed by atoms with Gasteiger partial charge in [-0.15, -0.1) is 0 Å². The average Bonchev–Trinajstić information content (AvgIpc) is 2.56. The molecular weight excluding hydrogens is 379 g/mol. The van der Waals surface area contributed by atoms with Gasteiger partial charge in [-0.2, -0.15) is 0 Å². The van der Waals surface area contributed by atoms with Crippen LogP contribution in [0.25, 0.3) is 0 Å². The van der Waals surface area contributed by atoms with Crippen molar-refractivity contribution in [3.63, 3.8) is 0 Å². The van der Waals surface area contributed by atoms with Gasteiger partial charge in [0.2, 0.25) is 0 Å². The molecule has 2 aromatic carbocycles. The quantitative estimate of drug-likeness (QED) is 0.422. The van der Waals surface area contributed by atoms with Crippen LogP contribution in [0, 0.1) is 0 Å². The minimum Gasteiger partial charge on any atom is -0.468 e. The number of ether oxygens (including phenoxy) is 2. The first-order valence-corrected chi connectivity index (χ1v) is 7.89. The van der Waals surface area contributed by atoms with Crippen LogP contribution in [0.15, 0.2) is 60.7 Å². The van der Waals surface area contributed by atoms with Crippen LogP contribution in [0.2, 0.25) is 0 Å². The van der Waals surface area contributed by atoms with Crippen LogP contribution < -0.4 is 0 Å². The number of carbonyl (C=O) groups excluding carboxylic acids is 1. The molecule has 2 rings (SSSR count). The van der Waals surface area contributed by atoms with Crippen LogP contribution in [0.4, 0.5) is 0 Å². The second kappa shape index (κ2) is 8.14. The van der Waals surface area contributed by atoms with E-state index in [9.17, 15) is 4.79 Å². The van der Waals surface area contributed by atoms with Crippen molar-refractivity contribution < 1.29 is 14.3 Å². The minimum absolute atomic E-state index is 0.280. The van der Waals surface area contributed by atoms with Crippen molar-refractivity contribution in [2.24, 2.45) is 0 Å². The number of hydrogen-bond donors (Lipinski definition) is 0. The van der Waals surface area contributed by atoms with E-state index in [4.69, 9.17) is 9.47 Å². The van der Waals surface area contributed by atoms with E-state index >= 15 is 0 Å². The molecule has 0 fully saturated rings. The maximum Gasteiger partial charge on any atom is 0.321 e. The number of esters is 1. The zero-order chi connectivity index (χ0) is 15.1. The second-order valence-corrected chi connectivity index (χ2v) is 5.89. The molecule has 0 aliphatic carbocycles. The minimum atomic E-state index is -0.390. The van der Waals surface area contributed by atoms with Crippen LogP contribution in [-0.2, 0) is 20.9 Å². The molecule has 2 atom stereocenters. The molecule has 110 valence electrons. The summed E-state index contributed by atoms with van der Waals surface area (Å²) in [6.07, 6.45) is -0.334. The third kappa shape index (κ3) is 4.54. The average molecular weight is 396 g/mol. The van der Waals surface area contributed by atoms with E-state index in [2.05, 4.69) is 22.6 Å². The van der Waals surface area contributed by atoms with Gasteiger partial charge in [0.15, 0.2) is 0 Å². The Kier molecular flexibility index (Phi) is 6.20. The first-order valence-electron chi connectivity index (χ1n) is 6.64. The van der Waals surface area contributed by atoms with Gasteiger partial charge in [-0.25, -0.2) is 0 Å². The van der Waals surface area contributed by atoms with Crippen LogP contribution in [0.1, 0.15) is 17.2 Å². The molecule has 0 saturated carbocycles. The van der Waals surface area contributed by atoms with Crippen molar-refractivity contribution in [3.8, 4) is 0 Å². The molecule has 0 bridgehead atoms. The zero-order valence-corrected chi connectivity index (χ0v) is 13.9. The summed E-state index contributed by atoms with van der Waals surface area (Å²) in [4.78, 5) is 11.8. The molecule has 0 unspecified atom stereocenters. The zero-order valence-electron chi connectivity index (χ0n) is 11.7. The molecule has 0 radical (unpaired) electrons. The summed E-state index contributed by atoms with van der Waals surface area (Å²) in [5, 5.41) is 0. The third-order valence-electron chi connectivity index (χ3n) is 3.09. The highest BCUT2D eigenvalue weighted by Gasteiger charge is 2.28. The first kappa shape index (κ1) is 16.0. The lowest BCUT2D eigenvalue weighted by atomic mass is 10.1. The summed E-state index contributed by atoms with van der Waals surface area (Å²) < 4.78 is 10.4. The topological polar surface area (TPSA) is 35.5 Å². The Morgan fingerprint density at radius 1 is 1.05 bits per heavy atom. The van der Waals surface area contributed by atoms with E-state index in [0.717, 1.165) is 11.1 Å². The lowest BCUT2D eigenvalue weighted by molar-refractivity contribution is -0.142. The summed E-state index contributed by atoms with van der Waals surface area (Å²) >= 11 is 2.08. The lowest BCUT2D eigenvalue weighted by Gasteiger charge is -2.22. The van der Waals surface area contributed by atoms with Crippen LogP contribution in [0.3, 0.4) is 0 Å². The first-order chi connectivity index (χ1) is 10.2. The number of methoxy groups -OCH3 is 1. The van der Waals surface area contributed by atoms with Crippen molar-refractivity contribution in [2.75, 3.05) is 7.11 Å². The summed E-state index contributed by atoms with van der Waals surface area (Å²) in [5.41, 5.74) is 2.05. The van der Waals surface area contributed by atoms with Crippen molar-refractivity contribution in [3.05, 3.63) is 71.8 Å². The van der Waals surface area contributed by atoms with E-state index in [0.29, 0.717) is 6.61 Å². The normalized spacial score (nSPS) is 13.4. The van der Waals surface area contributed by atoms with E-state index in [1.165, 1.54) is 7.11 Å². The van der Waals surface area contributed by atoms with Gasteiger partial charge >= 0.3 is 5.97 Å². The molecule has 3 nitrogen and oxygen atoms in total. The molecule has 0 aliphatic rings. The number of halogens is 1. The molecule has 0 aliphatic heterocycles. The molecule has 0 N–H and O–H groups in total. The van der Waals surface area contributed by atoms with E-state index in [1.807, 2.05) is 60.7 Å². The van der Waals surface area contributed by atoms with Gasteiger partial charge in [0.25, 0.3) is 0 Å². The molecule has 2 aromatic rings. The second-order valence-electron chi connectivity index (χ2n) is 4.55. The van der Waals surface area contributed by atoms with Gasteiger partial charge in [0.05, 0.1) is 13.7 Å². The Hall–Kier alpha value is -1.40. The lowest BCUT2D eigenvalue weighted by Crippen LogP contribution is -2.25. The SMILES string of the molecule is COC(=O)[C@@H](I)[C@@H](OCc1ccccc1)c1ccccc1. The summed E-state index contributed by atoms with van der Waals surface area (Å²) in [6.45, 7) is 0.455. The molecule has 4 heteroatoms. The van der Waals surface area contributed by atoms with Crippen molar-refractivity contribution in [1.82, 2.24) is 0 Å². The number of hydrogen-bond acceptors (Lipinski definition) is 3. The largest absolute Gasteiger partial charge is 0.468 e. The fourth-order valence-electron chi connectivity index (χ4n) is 1.99. The van der Waals surface area contributed by atoms with Crippen LogP contribution in [0.5, 0.6) is 0 Å². The molecular formula is C17H17IO3. The standard InChI is InChI=1S/C17H17IO3/c1-20-17(19)15(18)16(14-10-6-3-7-11-14)21-12-13-8-4-2-5-9-13/h2-11,15-16H,12H2,1H3/t15-,16-/m0/s1. The third-order valence-corrected chi connectivity index (χ3v) is 4.25. The van der Waals surface area contributed by atoms with Crippen LogP contribution in [-0.4, -0.2) is 17.0 Å². The Balaban J connectivity index is 2.14. The maximum atomic E-state index is 11.8. The van der Waals surface area contributed by atoms with E-state index in [1.54, 1.807) is 0 Å². The fraction of sp³-hybridized carbons (Fsp3) is 0.235. The Morgan fingerprint density at radius 3 is 2.19 bits per heavy atom. The maximum absolute atomic E-state index is 11.8. The Bertz CT molecular complexity index is 557. The van der Waals surface area contributed by atoms with Gasteiger partial charge < -0.3 is 9.47 Å². The molecule has 0 heterocycles. The van der Waals surface area contributed by atoms with Gasteiger partial charge in [0.1, 0.15) is 10.0 Å². The fourth-order valence-corrected chi connectivity index (χ4v) is 2.87. The monoisotopic (exact) mass is 396 g/mol. The van der Waals surface area contributed by atoms with Gasteiger partial charge in [-0.05, 0) is 11.1 Å². The number of benzene rings is 2. The highest BCUT2D eigenvalue weighted by atomic mass is 127. The molecule has 0 aromatic heterocycles. The number of alkyl halides is 1. The molecule has 0 saturated heterocycles. The summed E-state index contributed by atoms with van der Waals surface area (Å²) in [7, 11) is 1.40.